The van der Waals surface area contributed by atoms with Gasteiger partial charge in [0.1, 0.15) is 11.5 Å². The van der Waals surface area contributed by atoms with Crippen molar-refractivity contribution in [2.24, 2.45) is 0 Å². The second-order valence-electron chi connectivity index (χ2n) is 5.88. The predicted molar refractivity (Wildman–Crippen MR) is 90.0 cm³/mol. The Labute approximate surface area is 137 Å². The van der Waals surface area contributed by atoms with Crippen LogP contribution in [0.4, 0.5) is 0 Å². The molecule has 4 nitrogen and oxygen atoms in total. The van der Waals surface area contributed by atoms with Crippen molar-refractivity contribution in [2.75, 3.05) is 6.61 Å². The van der Waals surface area contributed by atoms with E-state index in [1.54, 1.807) is 6.92 Å². The summed E-state index contributed by atoms with van der Waals surface area (Å²) >= 11 is 0. The zero-order chi connectivity index (χ0) is 16.5. The Morgan fingerprint density at radius 3 is 2.43 bits per heavy atom. The number of ketones is 1. The highest BCUT2D eigenvalue weighted by molar-refractivity contribution is 5.94. The Balaban J connectivity index is 1.50. The molecule has 23 heavy (non-hydrogen) atoms. The van der Waals surface area contributed by atoms with E-state index >= 15 is 0 Å². The maximum atomic E-state index is 11.2. The highest BCUT2D eigenvalue weighted by Crippen LogP contribution is 2.14. The van der Waals surface area contributed by atoms with Crippen LogP contribution in [0.1, 0.15) is 60.8 Å². The zero-order valence-electron chi connectivity index (χ0n) is 14.0. The number of rotatable bonds is 10. The van der Waals surface area contributed by atoms with Gasteiger partial charge in [-0.05, 0) is 51.0 Å². The average molecular weight is 315 g/mol. The Bertz CT molecular complexity index is 601. The van der Waals surface area contributed by atoms with E-state index in [2.05, 4.69) is 5.16 Å². The molecule has 0 N–H and O–H groups in total. The van der Waals surface area contributed by atoms with Gasteiger partial charge in [0.2, 0.25) is 0 Å². The third kappa shape index (κ3) is 6.27. The number of hydrogen-bond acceptors (Lipinski definition) is 4. The van der Waals surface area contributed by atoms with Crippen molar-refractivity contribution in [3.63, 3.8) is 0 Å². The molecule has 1 heterocycles. The van der Waals surface area contributed by atoms with E-state index in [4.69, 9.17) is 9.26 Å². The summed E-state index contributed by atoms with van der Waals surface area (Å²) in [7, 11) is 0. The summed E-state index contributed by atoms with van der Waals surface area (Å²) in [6.07, 6.45) is 6.74. The molecule has 124 valence electrons. The van der Waals surface area contributed by atoms with Gasteiger partial charge in [-0.1, -0.05) is 24.4 Å². The topological polar surface area (TPSA) is 52.3 Å². The molecule has 0 saturated heterocycles. The molecule has 0 aliphatic carbocycles. The van der Waals surface area contributed by atoms with Gasteiger partial charge in [-0.15, -0.1) is 0 Å². The van der Waals surface area contributed by atoms with Crippen molar-refractivity contribution in [1.82, 2.24) is 5.16 Å². The van der Waals surface area contributed by atoms with Crippen LogP contribution in [0.5, 0.6) is 5.75 Å². The lowest BCUT2D eigenvalue weighted by molar-refractivity contribution is 0.101. The van der Waals surface area contributed by atoms with Gasteiger partial charge < -0.3 is 9.26 Å². The third-order valence-electron chi connectivity index (χ3n) is 3.77. The predicted octanol–water partition coefficient (Wildman–Crippen LogP) is 4.76. The first-order chi connectivity index (χ1) is 11.1. The van der Waals surface area contributed by atoms with Crippen molar-refractivity contribution in [1.29, 1.82) is 0 Å². The molecular formula is C19H25NO3. The molecule has 0 bridgehead atoms. The van der Waals surface area contributed by atoms with Crippen LogP contribution >= 0.6 is 0 Å². The summed E-state index contributed by atoms with van der Waals surface area (Å²) in [6.45, 7) is 4.24. The fraction of sp³-hybridized carbons (Fsp3) is 0.474. The van der Waals surface area contributed by atoms with Gasteiger partial charge in [0, 0.05) is 18.1 Å². The smallest absolute Gasteiger partial charge is 0.159 e. The van der Waals surface area contributed by atoms with Crippen LogP contribution in [0.25, 0.3) is 0 Å². The fourth-order valence-corrected chi connectivity index (χ4v) is 2.44. The minimum Gasteiger partial charge on any atom is -0.494 e. The lowest BCUT2D eigenvalue weighted by atomic mass is 10.1. The van der Waals surface area contributed by atoms with E-state index in [0.717, 1.165) is 48.6 Å². The quantitative estimate of drug-likeness (QED) is 0.468. The molecule has 0 radical (unpaired) electrons. The van der Waals surface area contributed by atoms with Gasteiger partial charge in [-0.2, -0.15) is 0 Å². The fourth-order valence-electron chi connectivity index (χ4n) is 2.44. The Morgan fingerprint density at radius 2 is 1.78 bits per heavy atom. The van der Waals surface area contributed by atoms with Crippen LogP contribution < -0.4 is 4.74 Å². The summed E-state index contributed by atoms with van der Waals surface area (Å²) in [6, 6.07) is 9.34. The van der Waals surface area contributed by atoms with Crippen LogP contribution in [-0.2, 0) is 6.42 Å². The molecule has 1 aromatic heterocycles. The van der Waals surface area contributed by atoms with E-state index in [1.165, 1.54) is 19.3 Å². The zero-order valence-corrected chi connectivity index (χ0v) is 14.0. The molecule has 0 amide bonds. The van der Waals surface area contributed by atoms with E-state index < -0.39 is 0 Å². The summed E-state index contributed by atoms with van der Waals surface area (Å²) in [5.74, 6) is 1.90. The van der Waals surface area contributed by atoms with Crippen molar-refractivity contribution in [3.05, 3.63) is 47.3 Å². The second kappa shape index (κ2) is 9.13. The molecule has 2 rings (SSSR count). The lowest BCUT2D eigenvalue weighted by Crippen LogP contribution is -1.98. The number of hydrogen-bond donors (Lipinski definition) is 0. The van der Waals surface area contributed by atoms with Crippen LogP contribution in [0.2, 0.25) is 0 Å². The second-order valence-corrected chi connectivity index (χ2v) is 5.88. The Hall–Kier alpha value is -2.10. The monoisotopic (exact) mass is 315 g/mol. The van der Waals surface area contributed by atoms with Gasteiger partial charge in [0.15, 0.2) is 5.78 Å². The number of unbranched alkanes of at least 4 members (excludes halogenated alkanes) is 4. The molecule has 2 aromatic rings. The first-order valence-corrected chi connectivity index (χ1v) is 8.31. The minimum absolute atomic E-state index is 0.0806. The summed E-state index contributed by atoms with van der Waals surface area (Å²) in [5.41, 5.74) is 1.67. The van der Waals surface area contributed by atoms with E-state index in [9.17, 15) is 4.79 Å². The Kier molecular flexibility index (Phi) is 6.85. The number of Topliss-reactive ketones (excluding diaryl/α,β-unsaturated/α-hetero) is 1. The van der Waals surface area contributed by atoms with Gasteiger partial charge in [0.05, 0.1) is 12.3 Å². The molecule has 0 saturated carbocycles. The first kappa shape index (κ1) is 17.3. The van der Waals surface area contributed by atoms with Crippen molar-refractivity contribution >= 4 is 5.78 Å². The number of carbonyl (C=O) groups is 1. The van der Waals surface area contributed by atoms with Gasteiger partial charge in [-0.3, -0.25) is 4.79 Å². The van der Waals surface area contributed by atoms with Crippen LogP contribution in [-0.4, -0.2) is 17.5 Å². The number of carbonyl (C=O) groups excluding carboxylic acids is 1. The molecule has 0 aliphatic rings. The number of benzene rings is 1. The minimum atomic E-state index is 0.0806. The van der Waals surface area contributed by atoms with E-state index in [-0.39, 0.29) is 5.78 Å². The molecule has 1 aromatic carbocycles. The maximum Gasteiger partial charge on any atom is 0.159 e. The van der Waals surface area contributed by atoms with Crippen LogP contribution in [0.15, 0.2) is 34.9 Å². The summed E-state index contributed by atoms with van der Waals surface area (Å²) < 4.78 is 10.9. The molecule has 0 unspecified atom stereocenters. The van der Waals surface area contributed by atoms with Crippen LogP contribution in [0.3, 0.4) is 0 Å². The van der Waals surface area contributed by atoms with Crippen molar-refractivity contribution < 1.29 is 14.1 Å². The molecule has 0 fully saturated rings. The molecule has 0 aliphatic heterocycles. The van der Waals surface area contributed by atoms with E-state index in [0.29, 0.717) is 0 Å². The number of ether oxygens (including phenoxy) is 1. The standard InChI is InChI=1S/C19H25NO3/c1-15-14-19(23-20-15)8-6-4-3-5-7-13-22-18-11-9-17(10-12-18)16(2)21/h9-12,14H,3-8,13H2,1-2H3. The largest absolute Gasteiger partial charge is 0.494 e. The molecule has 0 spiro atoms. The average Bonchev–Trinajstić information content (AvgIpc) is 2.96. The third-order valence-corrected chi connectivity index (χ3v) is 3.77. The molecular weight excluding hydrogens is 290 g/mol. The molecule has 4 heteroatoms. The normalized spacial score (nSPS) is 10.7. The maximum absolute atomic E-state index is 11.2. The molecule has 0 atom stereocenters. The van der Waals surface area contributed by atoms with E-state index in [1.807, 2.05) is 37.3 Å². The summed E-state index contributed by atoms with van der Waals surface area (Å²) in [4.78, 5) is 11.2. The summed E-state index contributed by atoms with van der Waals surface area (Å²) in [5, 5.41) is 3.89. The van der Waals surface area contributed by atoms with Crippen molar-refractivity contribution in [3.8, 4) is 5.75 Å². The van der Waals surface area contributed by atoms with Gasteiger partial charge in [-0.25, -0.2) is 0 Å². The first-order valence-electron chi connectivity index (χ1n) is 8.31. The number of nitrogens with zero attached hydrogens (tertiary/aromatic N) is 1. The van der Waals surface area contributed by atoms with Crippen LogP contribution in [0, 0.1) is 6.92 Å². The SMILES string of the molecule is CC(=O)c1ccc(OCCCCCCCc2cc(C)no2)cc1. The van der Waals surface area contributed by atoms with Gasteiger partial charge >= 0.3 is 0 Å². The van der Waals surface area contributed by atoms with Gasteiger partial charge in [0.25, 0.3) is 0 Å². The number of aryl methyl sites for hydroxylation is 2. The lowest BCUT2D eigenvalue weighted by Gasteiger charge is -2.06. The van der Waals surface area contributed by atoms with Crippen molar-refractivity contribution in [2.45, 2.75) is 52.4 Å². The number of aromatic nitrogens is 1. The highest BCUT2D eigenvalue weighted by atomic mass is 16.5. The highest BCUT2D eigenvalue weighted by Gasteiger charge is 2.01. The Morgan fingerprint density at radius 1 is 1.09 bits per heavy atom.